The Labute approximate surface area is 252 Å². The molecule has 0 saturated heterocycles. The zero-order valence-corrected chi connectivity index (χ0v) is 25.2. The molecule has 1 fully saturated rings. The van der Waals surface area contributed by atoms with Gasteiger partial charge < -0.3 is 30.0 Å². The second kappa shape index (κ2) is 16.1. The van der Waals surface area contributed by atoms with Gasteiger partial charge in [0.25, 0.3) is 5.91 Å². The number of halogens is 4. The molecule has 2 aromatic heterocycles. The van der Waals surface area contributed by atoms with Gasteiger partial charge in [0, 0.05) is 30.1 Å². The van der Waals surface area contributed by atoms with Crippen LogP contribution in [-0.2, 0) is 4.79 Å². The first-order valence-corrected chi connectivity index (χ1v) is 12.5. The van der Waals surface area contributed by atoms with E-state index in [9.17, 15) is 9.59 Å². The summed E-state index contributed by atoms with van der Waals surface area (Å²) in [6.45, 7) is 1.16. The molecular formula is C26H35Cl4N5O4. The lowest BCUT2D eigenvalue weighted by atomic mass is 9.85. The fourth-order valence-corrected chi connectivity index (χ4v) is 4.54. The summed E-state index contributed by atoms with van der Waals surface area (Å²) in [6, 6.07) is 9.00. The molecule has 1 aromatic carbocycles. The van der Waals surface area contributed by atoms with E-state index in [0.29, 0.717) is 52.4 Å². The number of ether oxygens (including phenoxy) is 1. The standard InChI is InChI=1S/C26H32ClN5O4.3ClH/c1-28-12-13-35-19-9-10-21-20(14-19)23(31-25(33)16-4-7-18(8-5-16)32(2)3)24(36-21)26(34)30-22-11-6-17(27)15-29-22;;;/h6,9-11,14-16,18,28H,4-5,7-8,12-13H2,1-3H3,(H,31,33)(H,29,30,34);3*1H. The highest BCUT2D eigenvalue weighted by Crippen LogP contribution is 2.36. The Balaban J connectivity index is 0.00000253. The SMILES string of the molecule is CNCCOc1ccc2oc(C(=O)Nc3ccc(Cl)cn3)c(NC(=O)C3CCC(N(C)C)CC3)c2c1.Cl.Cl.Cl. The number of furan rings is 1. The van der Waals surface area contributed by atoms with Crippen molar-refractivity contribution in [1.82, 2.24) is 15.2 Å². The largest absolute Gasteiger partial charge is 0.492 e. The fraction of sp³-hybridized carbons (Fsp3) is 0.423. The highest BCUT2D eigenvalue weighted by Gasteiger charge is 2.30. The maximum Gasteiger partial charge on any atom is 0.294 e. The average molecular weight is 623 g/mol. The van der Waals surface area contributed by atoms with Crippen molar-refractivity contribution in [3.63, 3.8) is 0 Å². The van der Waals surface area contributed by atoms with Gasteiger partial charge in [-0.3, -0.25) is 9.59 Å². The van der Waals surface area contributed by atoms with Crippen molar-refractivity contribution in [3.05, 3.63) is 47.3 Å². The lowest BCUT2D eigenvalue weighted by molar-refractivity contribution is -0.121. The van der Waals surface area contributed by atoms with Crippen molar-refractivity contribution in [3.8, 4) is 5.75 Å². The summed E-state index contributed by atoms with van der Waals surface area (Å²) >= 11 is 5.90. The molecule has 0 aliphatic heterocycles. The Morgan fingerprint density at radius 3 is 2.41 bits per heavy atom. The summed E-state index contributed by atoms with van der Waals surface area (Å²) in [7, 11) is 5.99. The fourth-order valence-electron chi connectivity index (χ4n) is 4.42. The third-order valence-electron chi connectivity index (χ3n) is 6.50. The van der Waals surface area contributed by atoms with Gasteiger partial charge in [-0.05, 0) is 77.2 Å². The van der Waals surface area contributed by atoms with Crippen molar-refractivity contribution >= 4 is 83.1 Å². The van der Waals surface area contributed by atoms with Crippen LogP contribution in [0.5, 0.6) is 5.75 Å². The zero-order valence-electron chi connectivity index (χ0n) is 22.0. The summed E-state index contributed by atoms with van der Waals surface area (Å²) in [5.74, 6) is 0.173. The first-order valence-electron chi connectivity index (χ1n) is 12.1. The molecule has 1 aliphatic rings. The number of amides is 2. The van der Waals surface area contributed by atoms with Crippen LogP contribution in [0, 0.1) is 5.92 Å². The van der Waals surface area contributed by atoms with E-state index in [0.717, 1.165) is 25.7 Å². The highest BCUT2D eigenvalue weighted by atomic mass is 35.5. The Kier molecular flexibility index (Phi) is 14.4. The first-order chi connectivity index (χ1) is 17.4. The lowest BCUT2D eigenvalue weighted by Gasteiger charge is -2.31. The second-order valence-corrected chi connectivity index (χ2v) is 9.63. The molecule has 0 bridgehead atoms. The molecule has 2 heterocycles. The second-order valence-electron chi connectivity index (χ2n) is 9.19. The number of likely N-dealkylation sites (N-methyl/N-ethyl adjacent to an activating group) is 1. The van der Waals surface area contributed by atoms with Gasteiger partial charge in [-0.1, -0.05) is 11.6 Å². The van der Waals surface area contributed by atoms with E-state index in [4.69, 9.17) is 20.8 Å². The monoisotopic (exact) mass is 621 g/mol. The minimum Gasteiger partial charge on any atom is -0.492 e. The number of carbonyl (C=O) groups excluding carboxylic acids is 2. The van der Waals surface area contributed by atoms with E-state index in [1.807, 2.05) is 7.05 Å². The van der Waals surface area contributed by atoms with Crippen LogP contribution in [0.4, 0.5) is 11.5 Å². The number of rotatable bonds is 9. The number of fused-ring (bicyclic) bond motifs is 1. The van der Waals surface area contributed by atoms with Gasteiger partial charge >= 0.3 is 0 Å². The van der Waals surface area contributed by atoms with Crippen LogP contribution in [0.15, 0.2) is 40.9 Å². The molecule has 1 saturated carbocycles. The van der Waals surface area contributed by atoms with Crippen LogP contribution >= 0.6 is 48.8 Å². The highest BCUT2D eigenvalue weighted by molar-refractivity contribution is 6.30. The summed E-state index contributed by atoms with van der Waals surface area (Å²) in [5.41, 5.74) is 0.798. The molecule has 0 radical (unpaired) electrons. The van der Waals surface area contributed by atoms with Gasteiger partial charge in [0.1, 0.15) is 29.4 Å². The van der Waals surface area contributed by atoms with Crippen LogP contribution < -0.4 is 20.7 Å². The van der Waals surface area contributed by atoms with Crippen LogP contribution in [0.1, 0.15) is 36.2 Å². The van der Waals surface area contributed by atoms with Crippen LogP contribution in [0.3, 0.4) is 0 Å². The molecule has 13 heteroatoms. The number of carbonyl (C=O) groups is 2. The predicted molar refractivity (Wildman–Crippen MR) is 163 cm³/mol. The van der Waals surface area contributed by atoms with Crippen molar-refractivity contribution in [2.45, 2.75) is 31.7 Å². The molecular weight excluding hydrogens is 588 g/mol. The third-order valence-corrected chi connectivity index (χ3v) is 6.73. The number of hydrogen-bond acceptors (Lipinski definition) is 7. The van der Waals surface area contributed by atoms with Crippen molar-refractivity contribution < 1.29 is 18.7 Å². The topological polar surface area (TPSA) is 109 Å². The molecule has 0 atom stereocenters. The van der Waals surface area contributed by atoms with Crippen molar-refractivity contribution in [1.29, 1.82) is 0 Å². The third kappa shape index (κ3) is 8.86. The lowest BCUT2D eigenvalue weighted by Crippen LogP contribution is -2.35. The number of nitrogens with zero attached hydrogens (tertiary/aromatic N) is 2. The Morgan fingerprint density at radius 2 is 1.79 bits per heavy atom. The molecule has 216 valence electrons. The molecule has 4 rings (SSSR count). The first kappa shape index (κ1) is 34.8. The maximum absolute atomic E-state index is 13.3. The van der Waals surface area contributed by atoms with E-state index < -0.39 is 5.91 Å². The van der Waals surface area contributed by atoms with Gasteiger partial charge in [0.15, 0.2) is 0 Å². The van der Waals surface area contributed by atoms with Crippen LogP contribution in [-0.4, -0.2) is 62.0 Å². The molecule has 2 amide bonds. The molecule has 3 aromatic rings. The quantitative estimate of drug-likeness (QED) is 0.264. The molecule has 1 aliphatic carbocycles. The zero-order chi connectivity index (χ0) is 25.7. The summed E-state index contributed by atoms with van der Waals surface area (Å²) in [4.78, 5) is 32.8. The molecule has 0 unspecified atom stereocenters. The van der Waals surface area contributed by atoms with Gasteiger partial charge in [0.05, 0.1) is 5.02 Å². The van der Waals surface area contributed by atoms with E-state index in [2.05, 4.69) is 39.9 Å². The number of pyridine rings is 1. The van der Waals surface area contributed by atoms with E-state index in [1.54, 1.807) is 30.3 Å². The normalized spacial score (nSPS) is 16.4. The minimum absolute atomic E-state index is 0. The number of anilines is 2. The summed E-state index contributed by atoms with van der Waals surface area (Å²) < 4.78 is 11.7. The van der Waals surface area contributed by atoms with Crippen molar-refractivity contribution in [2.75, 3.05) is 44.9 Å². The van der Waals surface area contributed by atoms with E-state index in [1.165, 1.54) is 6.20 Å². The van der Waals surface area contributed by atoms with Gasteiger partial charge in [0.2, 0.25) is 11.7 Å². The number of nitrogens with one attached hydrogen (secondary N) is 3. The molecule has 39 heavy (non-hydrogen) atoms. The Bertz CT molecular complexity index is 1220. The van der Waals surface area contributed by atoms with Gasteiger partial charge in [-0.2, -0.15) is 0 Å². The van der Waals surface area contributed by atoms with Crippen LogP contribution in [0.25, 0.3) is 11.0 Å². The number of benzene rings is 1. The number of aromatic nitrogens is 1. The molecule has 9 nitrogen and oxygen atoms in total. The predicted octanol–water partition coefficient (Wildman–Crippen LogP) is 5.66. The van der Waals surface area contributed by atoms with Gasteiger partial charge in [-0.15, -0.1) is 37.2 Å². The summed E-state index contributed by atoms with van der Waals surface area (Å²) in [6.07, 6.45) is 4.93. The maximum atomic E-state index is 13.3. The Morgan fingerprint density at radius 1 is 1.08 bits per heavy atom. The van der Waals surface area contributed by atoms with Crippen molar-refractivity contribution in [2.24, 2.45) is 5.92 Å². The smallest absolute Gasteiger partial charge is 0.294 e. The average Bonchev–Trinajstić information content (AvgIpc) is 3.23. The van der Waals surface area contributed by atoms with E-state index >= 15 is 0 Å². The van der Waals surface area contributed by atoms with Crippen LogP contribution in [0.2, 0.25) is 5.02 Å². The molecule has 0 spiro atoms. The number of hydrogen-bond donors (Lipinski definition) is 3. The molecule has 3 N–H and O–H groups in total. The van der Waals surface area contributed by atoms with Gasteiger partial charge in [-0.25, -0.2) is 4.98 Å². The summed E-state index contributed by atoms with van der Waals surface area (Å²) in [5, 5.41) is 9.81. The Hall–Kier alpha value is -2.27. The van der Waals surface area contributed by atoms with E-state index in [-0.39, 0.29) is 54.8 Å². The minimum atomic E-state index is -0.523.